The lowest BCUT2D eigenvalue weighted by Crippen LogP contribution is -2.10. The van der Waals surface area contributed by atoms with Gasteiger partial charge in [-0.2, -0.15) is 0 Å². The molecule has 0 saturated carbocycles. The van der Waals surface area contributed by atoms with Gasteiger partial charge in [-0.05, 0) is 120 Å². The quantitative estimate of drug-likeness (QED) is 0.141. The second-order valence-corrected chi connectivity index (χ2v) is 14.5. The molecule has 0 atom stereocenters. The number of rotatable bonds is 8. The number of hydrogen-bond donors (Lipinski definition) is 0. The van der Waals surface area contributed by atoms with Crippen molar-refractivity contribution < 1.29 is 0 Å². The van der Waals surface area contributed by atoms with Crippen molar-refractivity contribution in [3.8, 4) is 55.6 Å². The molecular formula is C56H39N. The molecule has 0 heterocycles. The summed E-state index contributed by atoms with van der Waals surface area (Å²) >= 11 is 0. The second-order valence-electron chi connectivity index (χ2n) is 14.5. The van der Waals surface area contributed by atoms with Gasteiger partial charge < -0.3 is 4.90 Å². The second kappa shape index (κ2) is 15.0. The zero-order chi connectivity index (χ0) is 38.0. The molecule has 0 saturated heterocycles. The summed E-state index contributed by atoms with van der Waals surface area (Å²) in [5.41, 5.74) is 15.2. The molecule has 1 heteroatoms. The van der Waals surface area contributed by atoms with Crippen LogP contribution in [0.1, 0.15) is 0 Å². The SMILES string of the molecule is c1ccc(-c2ccc(N(c3ccc(-c4cc5ccccc5c5ccccc45)cc3)c3ccc(-c4ccccc4)c(-c4ccccc4)c3)cc2-c2ccccc2)cc1. The maximum atomic E-state index is 2.41. The van der Waals surface area contributed by atoms with Crippen LogP contribution >= 0.6 is 0 Å². The summed E-state index contributed by atoms with van der Waals surface area (Å²) in [6.07, 6.45) is 0. The van der Waals surface area contributed by atoms with E-state index >= 15 is 0 Å². The molecular weight excluding hydrogens is 687 g/mol. The third-order valence-electron chi connectivity index (χ3n) is 11.1. The van der Waals surface area contributed by atoms with Crippen molar-refractivity contribution in [2.75, 3.05) is 4.90 Å². The molecule has 0 bridgehead atoms. The van der Waals surface area contributed by atoms with Gasteiger partial charge in [0.15, 0.2) is 0 Å². The minimum atomic E-state index is 1.08. The Labute approximate surface area is 334 Å². The number of anilines is 3. The summed E-state index contributed by atoms with van der Waals surface area (Å²) in [6.45, 7) is 0. The molecule has 10 aromatic rings. The van der Waals surface area contributed by atoms with Crippen molar-refractivity contribution in [1.82, 2.24) is 0 Å². The summed E-state index contributed by atoms with van der Waals surface area (Å²) < 4.78 is 0. The minimum Gasteiger partial charge on any atom is -0.310 e. The Balaban J connectivity index is 1.18. The van der Waals surface area contributed by atoms with Crippen molar-refractivity contribution in [1.29, 1.82) is 0 Å². The molecule has 0 aromatic heterocycles. The van der Waals surface area contributed by atoms with Crippen molar-refractivity contribution in [3.05, 3.63) is 237 Å². The molecule has 0 radical (unpaired) electrons. The maximum absolute atomic E-state index is 2.41. The van der Waals surface area contributed by atoms with E-state index in [9.17, 15) is 0 Å². The Morgan fingerprint density at radius 2 is 0.579 bits per heavy atom. The van der Waals surface area contributed by atoms with E-state index in [0.29, 0.717) is 0 Å². The predicted octanol–water partition coefficient (Wildman–Crippen LogP) is 15.8. The summed E-state index contributed by atoms with van der Waals surface area (Å²) in [4.78, 5) is 2.41. The van der Waals surface area contributed by atoms with Crippen LogP contribution in [0, 0.1) is 0 Å². The summed E-state index contributed by atoms with van der Waals surface area (Å²) in [6, 6.07) is 85.7. The third-order valence-corrected chi connectivity index (χ3v) is 11.1. The van der Waals surface area contributed by atoms with E-state index in [1.54, 1.807) is 0 Å². The van der Waals surface area contributed by atoms with Crippen molar-refractivity contribution in [2.45, 2.75) is 0 Å². The third kappa shape index (κ3) is 6.56. The van der Waals surface area contributed by atoms with E-state index in [0.717, 1.165) is 17.1 Å². The van der Waals surface area contributed by atoms with Crippen LogP contribution in [0.4, 0.5) is 17.1 Å². The van der Waals surface area contributed by atoms with Gasteiger partial charge in [-0.15, -0.1) is 0 Å². The van der Waals surface area contributed by atoms with Crippen LogP contribution < -0.4 is 4.90 Å². The number of benzene rings is 10. The molecule has 0 amide bonds. The minimum absolute atomic E-state index is 1.08. The first kappa shape index (κ1) is 34.0. The van der Waals surface area contributed by atoms with Crippen LogP contribution in [0.3, 0.4) is 0 Å². The van der Waals surface area contributed by atoms with E-state index < -0.39 is 0 Å². The van der Waals surface area contributed by atoms with Crippen LogP contribution in [0.15, 0.2) is 237 Å². The predicted molar refractivity (Wildman–Crippen MR) is 243 cm³/mol. The van der Waals surface area contributed by atoms with E-state index in [2.05, 4.69) is 241 Å². The molecule has 0 aliphatic rings. The van der Waals surface area contributed by atoms with E-state index in [1.165, 1.54) is 77.2 Å². The van der Waals surface area contributed by atoms with E-state index in [1.807, 2.05) is 0 Å². The normalized spacial score (nSPS) is 11.2. The summed E-state index contributed by atoms with van der Waals surface area (Å²) in [5, 5.41) is 5.06. The first-order valence-electron chi connectivity index (χ1n) is 19.6. The van der Waals surface area contributed by atoms with Crippen molar-refractivity contribution in [2.24, 2.45) is 0 Å². The average Bonchev–Trinajstić information content (AvgIpc) is 3.30. The first-order chi connectivity index (χ1) is 28.3. The van der Waals surface area contributed by atoms with Crippen molar-refractivity contribution >= 4 is 38.6 Å². The Bertz CT molecular complexity index is 2840. The monoisotopic (exact) mass is 725 g/mol. The summed E-state index contributed by atoms with van der Waals surface area (Å²) in [7, 11) is 0. The maximum Gasteiger partial charge on any atom is 0.0468 e. The highest BCUT2D eigenvalue weighted by Crippen LogP contribution is 2.44. The Kier molecular flexibility index (Phi) is 8.95. The molecule has 10 aromatic carbocycles. The van der Waals surface area contributed by atoms with Gasteiger partial charge in [-0.1, -0.05) is 194 Å². The average molecular weight is 726 g/mol. The fourth-order valence-electron chi connectivity index (χ4n) is 8.32. The molecule has 57 heavy (non-hydrogen) atoms. The van der Waals surface area contributed by atoms with Crippen LogP contribution in [0.25, 0.3) is 77.2 Å². The topological polar surface area (TPSA) is 3.24 Å². The molecule has 1 nitrogen and oxygen atoms in total. The van der Waals surface area contributed by atoms with Gasteiger partial charge >= 0.3 is 0 Å². The lowest BCUT2D eigenvalue weighted by Gasteiger charge is -2.28. The van der Waals surface area contributed by atoms with E-state index in [4.69, 9.17) is 0 Å². The van der Waals surface area contributed by atoms with Gasteiger partial charge in [0.25, 0.3) is 0 Å². The van der Waals surface area contributed by atoms with Gasteiger partial charge in [-0.3, -0.25) is 0 Å². The van der Waals surface area contributed by atoms with Gasteiger partial charge in [0, 0.05) is 17.1 Å². The number of hydrogen-bond acceptors (Lipinski definition) is 1. The molecule has 0 aliphatic heterocycles. The van der Waals surface area contributed by atoms with Gasteiger partial charge in [-0.25, -0.2) is 0 Å². The molecule has 0 spiro atoms. The van der Waals surface area contributed by atoms with Crippen LogP contribution in [-0.2, 0) is 0 Å². The zero-order valence-electron chi connectivity index (χ0n) is 31.5. The Morgan fingerprint density at radius 3 is 1.07 bits per heavy atom. The largest absolute Gasteiger partial charge is 0.310 e. The highest BCUT2D eigenvalue weighted by Gasteiger charge is 2.19. The standard InChI is InChI=1S/C56H39N/c1-5-17-40(18-6-1)50-35-33-47(38-55(50)42-21-9-3-10-22-42)57(48-34-36-51(41-19-7-2-8-20-41)56(39-48)43-23-11-4-12-24-43)46-31-29-44(30-32-46)54-37-45-25-13-14-26-49(45)52-27-15-16-28-53(52)54/h1-39H. The smallest absolute Gasteiger partial charge is 0.0468 e. The summed E-state index contributed by atoms with van der Waals surface area (Å²) in [5.74, 6) is 0. The van der Waals surface area contributed by atoms with Gasteiger partial charge in [0.05, 0.1) is 0 Å². The van der Waals surface area contributed by atoms with Crippen LogP contribution in [0.5, 0.6) is 0 Å². The Morgan fingerprint density at radius 1 is 0.211 bits per heavy atom. The molecule has 10 rings (SSSR count). The lowest BCUT2D eigenvalue weighted by atomic mass is 9.92. The number of nitrogens with zero attached hydrogens (tertiary/aromatic N) is 1. The highest BCUT2D eigenvalue weighted by atomic mass is 15.1. The molecule has 0 N–H and O–H groups in total. The number of fused-ring (bicyclic) bond motifs is 3. The van der Waals surface area contributed by atoms with Crippen LogP contribution in [0.2, 0.25) is 0 Å². The highest BCUT2D eigenvalue weighted by molar-refractivity contribution is 6.13. The van der Waals surface area contributed by atoms with Gasteiger partial charge in [0.2, 0.25) is 0 Å². The van der Waals surface area contributed by atoms with Crippen LogP contribution in [-0.4, -0.2) is 0 Å². The lowest BCUT2D eigenvalue weighted by molar-refractivity contribution is 1.28. The zero-order valence-corrected chi connectivity index (χ0v) is 31.5. The molecule has 0 aliphatic carbocycles. The Hall–Kier alpha value is -7.48. The fourth-order valence-corrected chi connectivity index (χ4v) is 8.32. The molecule has 268 valence electrons. The molecule has 0 unspecified atom stereocenters. The first-order valence-corrected chi connectivity index (χ1v) is 19.6. The fraction of sp³-hybridized carbons (Fsp3) is 0. The molecule has 0 fully saturated rings. The van der Waals surface area contributed by atoms with Gasteiger partial charge in [0.1, 0.15) is 0 Å². The van der Waals surface area contributed by atoms with Crippen molar-refractivity contribution in [3.63, 3.8) is 0 Å². The van der Waals surface area contributed by atoms with E-state index in [-0.39, 0.29) is 0 Å².